The van der Waals surface area contributed by atoms with Crippen molar-refractivity contribution >= 4 is 34.5 Å². The molecule has 1 aliphatic heterocycles. The Kier molecular flexibility index (Phi) is 5.20. The number of carbonyl (C=O) groups is 1. The van der Waals surface area contributed by atoms with Crippen molar-refractivity contribution in [2.24, 2.45) is 5.92 Å². The van der Waals surface area contributed by atoms with Crippen molar-refractivity contribution in [1.29, 1.82) is 0 Å². The maximum atomic E-state index is 12.6. The highest BCUT2D eigenvalue weighted by Crippen LogP contribution is 2.25. The number of nitrogens with zero attached hydrogens (tertiary/aromatic N) is 4. The van der Waals surface area contributed by atoms with E-state index in [4.69, 9.17) is 11.6 Å². The average Bonchev–Trinajstić information content (AvgIpc) is 3.18. The lowest BCUT2D eigenvalue weighted by molar-refractivity contribution is -0.125. The number of fused-ring (bicyclic) bond motifs is 1. The van der Waals surface area contributed by atoms with Crippen LogP contribution in [-0.2, 0) is 11.2 Å². The van der Waals surface area contributed by atoms with Crippen molar-refractivity contribution in [3.63, 3.8) is 0 Å². The van der Waals surface area contributed by atoms with Crippen LogP contribution in [0.15, 0.2) is 36.9 Å². The second-order valence-corrected chi connectivity index (χ2v) is 7.19. The van der Waals surface area contributed by atoms with Gasteiger partial charge in [0.25, 0.3) is 0 Å². The minimum atomic E-state index is -0.0445. The van der Waals surface area contributed by atoms with E-state index in [2.05, 4.69) is 30.2 Å². The lowest BCUT2D eigenvalue weighted by Crippen LogP contribution is -2.43. The van der Waals surface area contributed by atoms with Crippen LogP contribution >= 0.6 is 11.6 Å². The Balaban J connectivity index is 1.35. The minimum absolute atomic E-state index is 0.0445. The Bertz CT molecular complexity index is 925. The van der Waals surface area contributed by atoms with E-state index in [1.54, 1.807) is 6.33 Å². The molecule has 4 rings (SSSR count). The van der Waals surface area contributed by atoms with Gasteiger partial charge in [-0.05, 0) is 37.0 Å². The molecule has 0 aliphatic carbocycles. The third-order valence-corrected chi connectivity index (χ3v) is 5.17. The molecule has 140 valence electrons. The van der Waals surface area contributed by atoms with Crippen LogP contribution in [0.1, 0.15) is 18.4 Å². The summed E-state index contributed by atoms with van der Waals surface area (Å²) in [5.74, 6) is 0.872. The third-order valence-electron chi connectivity index (χ3n) is 4.92. The highest BCUT2D eigenvalue weighted by atomic mass is 35.5. The quantitative estimate of drug-likeness (QED) is 0.706. The summed E-state index contributed by atoms with van der Waals surface area (Å²) in [6, 6.07) is 7.72. The molecule has 1 amide bonds. The summed E-state index contributed by atoms with van der Waals surface area (Å²) in [6.07, 6.45) is 5.78. The molecule has 0 unspecified atom stereocenters. The molecular weight excluding hydrogens is 364 g/mol. The van der Waals surface area contributed by atoms with Crippen LogP contribution in [0.3, 0.4) is 0 Å². The van der Waals surface area contributed by atoms with Crippen molar-refractivity contribution in [2.75, 3.05) is 24.5 Å². The van der Waals surface area contributed by atoms with Crippen LogP contribution in [0, 0.1) is 5.92 Å². The Morgan fingerprint density at radius 3 is 2.96 bits per heavy atom. The van der Waals surface area contributed by atoms with Gasteiger partial charge in [0.2, 0.25) is 5.91 Å². The topological polar surface area (TPSA) is 86.8 Å². The molecule has 27 heavy (non-hydrogen) atoms. The highest BCUT2D eigenvalue weighted by Gasteiger charge is 2.27. The molecule has 3 heterocycles. The zero-order valence-electron chi connectivity index (χ0n) is 14.9. The Morgan fingerprint density at radius 1 is 1.26 bits per heavy atom. The monoisotopic (exact) mass is 384 g/mol. The van der Waals surface area contributed by atoms with Gasteiger partial charge in [0.05, 0.1) is 12.2 Å². The molecule has 2 aromatic heterocycles. The first-order chi connectivity index (χ1) is 13.2. The normalized spacial score (nSPS) is 17.2. The Hall–Kier alpha value is -2.67. The summed E-state index contributed by atoms with van der Waals surface area (Å²) < 4.78 is 0. The van der Waals surface area contributed by atoms with Gasteiger partial charge >= 0.3 is 0 Å². The van der Waals surface area contributed by atoms with Crippen LogP contribution in [-0.4, -0.2) is 45.5 Å². The first kappa shape index (κ1) is 17.7. The van der Waals surface area contributed by atoms with Gasteiger partial charge in [-0.15, -0.1) is 0 Å². The lowest BCUT2D eigenvalue weighted by atomic mass is 9.97. The van der Waals surface area contributed by atoms with E-state index in [0.29, 0.717) is 18.7 Å². The van der Waals surface area contributed by atoms with E-state index in [0.717, 1.165) is 47.7 Å². The van der Waals surface area contributed by atoms with Gasteiger partial charge < -0.3 is 15.2 Å². The van der Waals surface area contributed by atoms with Crippen molar-refractivity contribution in [2.45, 2.75) is 19.3 Å². The van der Waals surface area contributed by atoms with Gasteiger partial charge in [-0.2, -0.15) is 0 Å². The lowest BCUT2D eigenvalue weighted by Gasteiger charge is -2.32. The van der Waals surface area contributed by atoms with Crippen LogP contribution in [0.25, 0.3) is 11.2 Å². The van der Waals surface area contributed by atoms with Crippen molar-refractivity contribution < 1.29 is 4.79 Å². The van der Waals surface area contributed by atoms with E-state index in [9.17, 15) is 4.79 Å². The summed E-state index contributed by atoms with van der Waals surface area (Å²) in [5, 5.41) is 3.79. The van der Waals surface area contributed by atoms with Crippen molar-refractivity contribution in [3.8, 4) is 0 Å². The number of H-pyrrole nitrogens is 1. The van der Waals surface area contributed by atoms with Crippen LogP contribution < -0.4 is 10.2 Å². The molecule has 2 N–H and O–H groups in total. The highest BCUT2D eigenvalue weighted by molar-refractivity contribution is 6.30. The van der Waals surface area contributed by atoms with Crippen LogP contribution in [0.5, 0.6) is 0 Å². The van der Waals surface area contributed by atoms with Crippen molar-refractivity contribution in [3.05, 3.63) is 47.5 Å². The molecule has 0 spiro atoms. The maximum absolute atomic E-state index is 12.6. The molecule has 0 bridgehead atoms. The second-order valence-electron chi connectivity index (χ2n) is 6.75. The number of aromatic amines is 1. The van der Waals surface area contributed by atoms with Crippen LogP contribution in [0.4, 0.5) is 5.82 Å². The number of imidazole rings is 1. The number of piperidine rings is 1. The molecule has 1 aliphatic rings. The molecule has 1 saturated heterocycles. The van der Waals surface area contributed by atoms with Gasteiger partial charge in [0.15, 0.2) is 11.5 Å². The molecule has 7 nitrogen and oxygen atoms in total. The van der Waals surface area contributed by atoms with E-state index in [1.165, 1.54) is 6.33 Å². The number of nitrogens with one attached hydrogen (secondary N) is 2. The van der Waals surface area contributed by atoms with Gasteiger partial charge in [0, 0.05) is 24.7 Å². The van der Waals surface area contributed by atoms with E-state index in [1.807, 2.05) is 24.3 Å². The molecule has 1 fully saturated rings. The maximum Gasteiger partial charge on any atom is 0.224 e. The predicted molar refractivity (Wildman–Crippen MR) is 105 cm³/mol. The SMILES string of the molecule is O=C(NCCc1ccc(Cl)cc1)[C@H]1CCCN(c2ncnc3nc[nH]c23)C1. The van der Waals surface area contributed by atoms with E-state index in [-0.39, 0.29) is 11.8 Å². The standard InChI is InChI=1S/C19H21ClN6O/c20-15-5-3-13(4-6-15)7-8-21-19(27)14-2-1-9-26(10-14)18-16-17(23-11-22-16)24-12-25-18/h3-6,11-12,14H,1-2,7-10H2,(H,21,27)(H,22,23,24,25)/t14-/m0/s1. The molecule has 1 atom stereocenters. The number of benzene rings is 1. The summed E-state index contributed by atoms with van der Waals surface area (Å²) in [4.78, 5) is 30.6. The van der Waals surface area contributed by atoms with Crippen LogP contribution in [0.2, 0.25) is 5.02 Å². The summed E-state index contributed by atoms with van der Waals surface area (Å²) in [6.45, 7) is 2.15. The van der Waals surface area contributed by atoms with Gasteiger partial charge in [-0.1, -0.05) is 23.7 Å². The molecule has 8 heteroatoms. The summed E-state index contributed by atoms with van der Waals surface area (Å²) in [5.41, 5.74) is 2.63. The second kappa shape index (κ2) is 7.92. The molecule has 0 saturated carbocycles. The number of aromatic nitrogens is 4. The number of halogens is 1. The van der Waals surface area contributed by atoms with E-state index >= 15 is 0 Å². The number of rotatable bonds is 5. The number of anilines is 1. The summed E-state index contributed by atoms with van der Waals surface area (Å²) >= 11 is 5.90. The number of carbonyl (C=O) groups excluding carboxylic acids is 1. The minimum Gasteiger partial charge on any atom is -0.355 e. The third kappa shape index (κ3) is 4.03. The van der Waals surface area contributed by atoms with Gasteiger partial charge in [0.1, 0.15) is 11.8 Å². The average molecular weight is 385 g/mol. The molecular formula is C19H21ClN6O. The smallest absolute Gasteiger partial charge is 0.224 e. The number of hydrogen-bond donors (Lipinski definition) is 2. The zero-order chi connectivity index (χ0) is 18.6. The first-order valence-electron chi connectivity index (χ1n) is 9.12. The molecule has 1 aromatic carbocycles. The Morgan fingerprint density at radius 2 is 2.11 bits per heavy atom. The van der Waals surface area contributed by atoms with E-state index < -0.39 is 0 Å². The van der Waals surface area contributed by atoms with Gasteiger partial charge in [-0.3, -0.25) is 4.79 Å². The van der Waals surface area contributed by atoms with Crippen molar-refractivity contribution in [1.82, 2.24) is 25.3 Å². The fraction of sp³-hybridized carbons (Fsp3) is 0.368. The first-order valence-corrected chi connectivity index (χ1v) is 9.49. The number of amides is 1. The fourth-order valence-corrected chi connectivity index (χ4v) is 3.63. The molecule has 0 radical (unpaired) electrons. The number of hydrogen-bond acceptors (Lipinski definition) is 5. The Labute approximate surface area is 162 Å². The fourth-order valence-electron chi connectivity index (χ4n) is 3.50. The zero-order valence-corrected chi connectivity index (χ0v) is 15.6. The predicted octanol–water partition coefficient (Wildman–Crippen LogP) is 2.58. The largest absolute Gasteiger partial charge is 0.355 e. The van der Waals surface area contributed by atoms with Gasteiger partial charge in [-0.25, -0.2) is 15.0 Å². The molecule has 3 aromatic rings. The summed E-state index contributed by atoms with van der Waals surface area (Å²) in [7, 11) is 0.